The van der Waals surface area contributed by atoms with Crippen molar-refractivity contribution in [3.63, 3.8) is 0 Å². The van der Waals surface area contributed by atoms with Gasteiger partial charge in [-0.1, -0.05) is 6.92 Å². The van der Waals surface area contributed by atoms with Gasteiger partial charge < -0.3 is 15.0 Å². The Kier molecular flexibility index (Phi) is 4.45. The molecular weight excluding hydrogens is 194 g/mol. The maximum atomic E-state index is 11.3. The topological polar surface area (TPSA) is 67.0 Å². The molecule has 5 nitrogen and oxygen atoms in total. The first-order valence-electron chi connectivity index (χ1n) is 5.01. The highest BCUT2D eigenvalue weighted by molar-refractivity contribution is 5.04. The predicted molar refractivity (Wildman–Crippen MR) is 57.7 cm³/mol. The van der Waals surface area contributed by atoms with Crippen LogP contribution in [0.4, 0.5) is 0 Å². The van der Waals surface area contributed by atoms with Gasteiger partial charge in [-0.15, -0.1) is 0 Å². The van der Waals surface area contributed by atoms with Crippen LogP contribution >= 0.6 is 0 Å². The Balaban J connectivity index is 2.89. The monoisotopic (exact) mass is 211 g/mol. The Morgan fingerprint density at radius 1 is 1.67 bits per heavy atom. The molecule has 0 aliphatic carbocycles. The van der Waals surface area contributed by atoms with Gasteiger partial charge in [0.1, 0.15) is 11.9 Å². The molecule has 0 radical (unpaired) electrons. The summed E-state index contributed by atoms with van der Waals surface area (Å²) in [7, 11) is 1.58. The zero-order chi connectivity index (χ0) is 11.3. The quantitative estimate of drug-likeness (QED) is 0.748. The third-order valence-corrected chi connectivity index (χ3v) is 2.11. The van der Waals surface area contributed by atoms with Gasteiger partial charge in [0, 0.05) is 19.7 Å². The number of hydrogen-bond donors (Lipinski definition) is 2. The van der Waals surface area contributed by atoms with Crippen molar-refractivity contribution >= 4 is 0 Å². The Morgan fingerprint density at radius 2 is 2.40 bits per heavy atom. The molecule has 1 rings (SSSR count). The van der Waals surface area contributed by atoms with Crippen LogP contribution < -0.4 is 10.9 Å². The molecule has 1 aromatic rings. The van der Waals surface area contributed by atoms with Crippen LogP contribution in [0.1, 0.15) is 31.5 Å². The number of nitrogens with zero attached hydrogens (tertiary/aromatic N) is 1. The van der Waals surface area contributed by atoms with Gasteiger partial charge in [0.2, 0.25) is 0 Å². The molecule has 1 aromatic heterocycles. The third kappa shape index (κ3) is 3.45. The minimum absolute atomic E-state index is 0.142. The number of rotatable bonds is 5. The Hall–Kier alpha value is -1.20. The first-order chi connectivity index (χ1) is 7.17. The van der Waals surface area contributed by atoms with E-state index in [-0.39, 0.29) is 11.7 Å². The summed E-state index contributed by atoms with van der Waals surface area (Å²) in [5.74, 6) is 0.568. The van der Waals surface area contributed by atoms with Crippen LogP contribution in [0.2, 0.25) is 0 Å². The molecule has 1 unspecified atom stereocenters. The average Bonchev–Trinajstić information content (AvgIpc) is 2.24. The van der Waals surface area contributed by atoms with Crippen molar-refractivity contribution in [3.05, 3.63) is 27.9 Å². The smallest absolute Gasteiger partial charge is 0.251 e. The molecule has 15 heavy (non-hydrogen) atoms. The second-order valence-electron chi connectivity index (χ2n) is 3.28. The van der Waals surface area contributed by atoms with E-state index in [4.69, 9.17) is 4.74 Å². The molecule has 0 bridgehead atoms. The van der Waals surface area contributed by atoms with Gasteiger partial charge >= 0.3 is 0 Å². The van der Waals surface area contributed by atoms with E-state index in [1.54, 1.807) is 7.11 Å². The fourth-order valence-corrected chi connectivity index (χ4v) is 1.18. The van der Waals surface area contributed by atoms with Crippen LogP contribution in [0.15, 0.2) is 10.9 Å². The Bertz CT molecular complexity index is 362. The van der Waals surface area contributed by atoms with Crippen LogP contribution in [-0.2, 0) is 11.3 Å². The zero-order valence-corrected chi connectivity index (χ0v) is 9.33. The van der Waals surface area contributed by atoms with Crippen molar-refractivity contribution in [2.75, 3.05) is 13.7 Å². The highest BCUT2D eigenvalue weighted by Crippen LogP contribution is 2.08. The summed E-state index contributed by atoms with van der Waals surface area (Å²) >= 11 is 0. The van der Waals surface area contributed by atoms with Crippen molar-refractivity contribution in [3.8, 4) is 0 Å². The SMILES string of the molecule is CCNCc1cc(=O)[nH]c(C(C)OC)n1. The molecule has 0 aromatic carbocycles. The van der Waals surface area contributed by atoms with E-state index in [1.807, 2.05) is 13.8 Å². The zero-order valence-electron chi connectivity index (χ0n) is 9.33. The van der Waals surface area contributed by atoms with E-state index in [1.165, 1.54) is 6.07 Å². The van der Waals surface area contributed by atoms with Crippen LogP contribution in [-0.4, -0.2) is 23.6 Å². The van der Waals surface area contributed by atoms with Gasteiger partial charge in [0.05, 0.1) is 5.69 Å². The molecule has 2 N–H and O–H groups in total. The fourth-order valence-electron chi connectivity index (χ4n) is 1.18. The van der Waals surface area contributed by atoms with Crippen molar-refractivity contribution in [1.29, 1.82) is 0 Å². The number of H-pyrrole nitrogens is 1. The molecule has 0 aliphatic rings. The Labute approximate surface area is 88.9 Å². The van der Waals surface area contributed by atoms with Crippen molar-refractivity contribution in [2.24, 2.45) is 0 Å². The van der Waals surface area contributed by atoms with Crippen molar-refractivity contribution < 1.29 is 4.74 Å². The number of nitrogens with one attached hydrogen (secondary N) is 2. The first kappa shape index (κ1) is 11.9. The van der Waals surface area contributed by atoms with Gasteiger partial charge in [-0.2, -0.15) is 0 Å². The third-order valence-electron chi connectivity index (χ3n) is 2.11. The van der Waals surface area contributed by atoms with Gasteiger partial charge in [-0.05, 0) is 13.5 Å². The van der Waals surface area contributed by atoms with Crippen LogP contribution in [0, 0.1) is 0 Å². The van der Waals surface area contributed by atoms with Gasteiger partial charge in [-0.25, -0.2) is 4.98 Å². The second kappa shape index (κ2) is 5.63. The molecule has 0 amide bonds. The molecule has 0 saturated carbocycles. The summed E-state index contributed by atoms with van der Waals surface area (Å²) in [5.41, 5.74) is 0.594. The maximum Gasteiger partial charge on any atom is 0.251 e. The lowest BCUT2D eigenvalue weighted by atomic mass is 10.3. The number of hydrogen-bond acceptors (Lipinski definition) is 4. The lowest BCUT2D eigenvalue weighted by molar-refractivity contribution is 0.111. The summed E-state index contributed by atoms with van der Waals surface area (Å²) in [4.78, 5) is 18.3. The minimum atomic E-state index is -0.195. The Morgan fingerprint density at radius 3 is 3.00 bits per heavy atom. The standard InChI is InChI=1S/C10H17N3O2/c1-4-11-6-8-5-9(14)13-10(12-8)7(2)15-3/h5,7,11H,4,6H2,1-3H3,(H,12,13,14). The predicted octanol–water partition coefficient (Wildman–Crippen LogP) is 0.587. The van der Waals surface area contributed by atoms with Crippen LogP contribution in [0.25, 0.3) is 0 Å². The van der Waals surface area contributed by atoms with Crippen molar-refractivity contribution in [2.45, 2.75) is 26.5 Å². The van der Waals surface area contributed by atoms with E-state index in [0.29, 0.717) is 12.4 Å². The van der Waals surface area contributed by atoms with E-state index < -0.39 is 0 Å². The number of ether oxygens (including phenoxy) is 1. The first-order valence-corrected chi connectivity index (χ1v) is 5.01. The summed E-state index contributed by atoms with van der Waals surface area (Å²) in [5, 5.41) is 3.12. The largest absolute Gasteiger partial charge is 0.374 e. The molecule has 0 saturated heterocycles. The normalized spacial score (nSPS) is 12.7. The second-order valence-corrected chi connectivity index (χ2v) is 3.28. The van der Waals surface area contributed by atoms with E-state index in [0.717, 1.165) is 12.2 Å². The highest BCUT2D eigenvalue weighted by Gasteiger charge is 2.08. The number of aromatic nitrogens is 2. The van der Waals surface area contributed by atoms with Gasteiger partial charge in [0.15, 0.2) is 0 Å². The maximum absolute atomic E-state index is 11.3. The van der Waals surface area contributed by atoms with Crippen LogP contribution in [0.3, 0.4) is 0 Å². The van der Waals surface area contributed by atoms with Crippen LogP contribution in [0.5, 0.6) is 0 Å². The van der Waals surface area contributed by atoms with Gasteiger partial charge in [-0.3, -0.25) is 4.79 Å². The van der Waals surface area contributed by atoms with Gasteiger partial charge in [0.25, 0.3) is 5.56 Å². The lowest BCUT2D eigenvalue weighted by Crippen LogP contribution is -2.19. The average molecular weight is 211 g/mol. The minimum Gasteiger partial charge on any atom is -0.374 e. The summed E-state index contributed by atoms with van der Waals surface area (Å²) in [6.45, 7) is 5.30. The molecule has 0 aliphatic heterocycles. The lowest BCUT2D eigenvalue weighted by Gasteiger charge is -2.09. The van der Waals surface area contributed by atoms with E-state index >= 15 is 0 Å². The molecule has 0 spiro atoms. The van der Waals surface area contributed by atoms with E-state index in [2.05, 4.69) is 15.3 Å². The van der Waals surface area contributed by atoms with E-state index in [9.17, 15) is 4.79 Å². The fraction of sp³-hybridized carbons (Fsp3) is 0.600. The molecule has 1 heterocycles. The number of methoxy groups -OCH3 is 1. The van der Waals surface area contributed by atoms with Crippen molar-refractivity contribution in [1.82, 2.24) is 15.3 Å². The molecular formula is C10H17N3O2. The molecule has 5 heteroatoms. The number of aromatic amines is 1. The molecule has 1 atom stereocenters. The summed E-state index contributed by atoms with van der Waals surface area (Å²) < 4.78 is 5.10. The summed E-state index contributed by atoms with van der Waals surface area (Å²) in [6.07, 6.45) is -0.195. The molecule has 84 valence electrons. The highest BCUT2D eigenvalue weighted by atomic mass is 16.5. The molecule has 0 fully saturated rings. The summed E-state index contributed by atoms with van der Waals surface area (Å²) in [6, 6.07) is 1.49.